The number of rotatable bonds is 5. The third-order valence-electron chi connectivity index (χ3n) is 4.25. The first-order chi connectivity index (χ1) is 9.22. The van der Waals surface area contributed by atoms with Crippen LogP contribution in [0.1, 0.15) is 30.4 Å². The molecule has 1 aromatic carbocycles. The number of benzene rings is 1. The number of carbonyl (C=O) groups is 1. The molecule has 1 aliphatic rings. The Bertz CT molecular complexity index is 436. The van der Waals surface area contributed by atoms with Crippen molar-refractivity contribution in [2.45, 2.75) is 32.6 Å². The topological polar surface area (TPSA) is 55.1 Å². The van der Waals surface area contributed by atoms with Gasteiger partial charge in [0.15, 0.2) is 0 Å². The van der Waals surface area contributed by atoms with Crippen LogP contribution in [0.4, 0.5) is 0 Å². The van der Waals surface area contributed by atoms with Gasteiger partial charge in [-0.05, 0) is 49.8 Å². The normalized spacial score (nSPS) is 21.3. The summed E-state index contributed by atoms with van der Waals surface area (Å²) in [5.74, 6) is 0.724. The van der Waals surface area contributed by atoms with Crippen LogP contribution in [-0.2, 0) is 11.2 Å². The fourth-order valence-corrected chi connectivity index (χ4v) is 3.01. The molecule has 1 aromatic rings. The Morgan fingerprint density at radius 3 is 2.80 bits per heavy atom. The lowest BCUT2D eigenvalue weighted by Gasteiger charge is -2.17. The molecule has 20 heavy (non-hydrogen) atoms. The van der Waals surface area contributed by atoms with Gasteiger partial charge in [-0.15, -0.1) is 12.4 Å². The molecule has 0 heterocycles. The lowest BCUT2D eigenvalue weighted by molar-refractivity contribution is -0.125. The van der Waals surface area contributed by atoms with Crippen molar-refractivity contribution in [2.24, 2.45) is 17.6 Å². The van der Waals surface area contributed by atoms with Gasteiger partial charge in [-0.2, -0.15) is 0 Å². The number of hydrogen-bond donors (Lipinski definition) is 2. The molecule has 3 nitrogen and oxygen atoms in total. The highest BCUT2D eigenvalue weighted by Crippen LogP contribution is 2.30. The van der Waals surface area contributed by atoms with Gasteiger partial charge in [0, 0.05) is 12.5 Å². The van der Waals surface area contributed by atoms with E-state index in [0.717, 1.165) is 32.2 Å². The Morgan fingerprint density at radius 2 is 2.10 bits per heavy atom. The van der Waals surface area contributed by atoms with Crippen molar-refractivity contribution in [2.75, 3.05) is 13.1 Å². The highest BCUT2D eigenvalue weighted by Gasteiger charge is 2.31. The van der Waals surface area contributed by atoms with Crippen molar-refractivity contribution in [3.8, 4) is 0 Å². The van der Waals surface area contributed by atoms with E-state index in [0.29, 0.717) is 12.5 Å². The zero-order valence-corrected chi connectivity index (χ0v) is 12.9. The summed E-state index contributed by atoms with van der Waals surface area (Å²) < 4.78 is 0. The quantitative estimate of drug-likeness (QED) is 0.877. The third-order valence-corrected chi connectivity index (χ3v) is 4.25. The fourth-order valence-electron chi connectivity index (χ4n) is 3.01. The highest BCUT2D eigenvalue weighted by molar-refractivity contribution is 5.85. The van der Waals surface area contributed by atoms with E-state index in [2.05, 4.69) is 24.4 Å². The first kappa shape index (κ1) is 17.0. The van der Waals surface area contributed by atoms with Crippen molar-refractivity contribution >= 4 is 18.3 Å². The predicted octanol–water partition coefficient (Wildman–Crippen LogP) is 2.45. The summed E-state index contributed by atoms with van der Waals surface area (Å²) in [7, 11) is 0. The Balaban J connectivity index is 0.00000200. The average Bonchev–Trinajstić information content (AvgIpc) is 2.89. The molecule has 2 rings (SSSR count). The summed E-state index contributed by atoms with van der Waals surface area (Å²) in [4.78, 5) is 12.1. The molecule has 0 aliphatic heterocycles. The van der Waals surface area contributed by atoms with Crippen LogP contribution in [0.2, 0.25) is 0 Å². The van der Waals surface area contributed by atoms with Crippen molar-refractivity contribution in [1.82, 2.24) is 5.32 Å². The van der Waals surface area contributed by atoms with Gasteiger partial charge < -0.3 is 11.1 Å². The van der Waals surface area contributed by atoms with Crippen molar-refractivity contribution in [3.05, 3.63) is 35.4 Å². The number of nitrogens with one attached hydrogen (secondary N) is 1. The van der Waals surface area contributed by atoms with Crippen LogP contribution in [-0.4, -0.2) is 19.0 Å². The summed E-state index contributed by atoms with van der Waals surface area (Å²) in [6.45, 7) is 3.46. The summed E-state index contributed by atoms with van der Waals surface area (Å²) >= 11 is 0. The summed E-state index contributed by atoms with van der Waals surface area (Å²) in [5.41, 5.74) is 8.32. The van der Waals surface area contributed by atoms with Gasteiger partial charge in [0.2, 0.25) is 5.91 Å². The van der Waals surface area contributed by atoms with Gasteiger partial charge >= 0.3 is 0 Å². The first-order valence-corrected chi connectivity index (χ1v) is 7.24. The zero-order chi connectivity index (χ0) is 13.7. The molecule has 1 amide bonds. The molecule has 1 aliphatic carbocycles. The van der Waals surface area contributed by atoms with Gasteiger partial charge in [0.1, 0.15) is 0 Å². The van der Waals surface area contributed by atoms with Crippen LogP contribution in [0, 0.1) is 18.8 Å². The van der Waals surface area contributed by atoms with E-state index in [-0.39, 0.29) is 24.2 Å². The van der Waals surface area contributed by atoms with Crippen molar-refractivity contribution in [3.63, 3.8) is 0 Å². The molecule has 0 radical (unpaired) electrons. The molecule has 0 aromatic heterocycles. The number of nitrogens with two attached hydrogens (primary N) is 1. The number of aryl methyl sites for hydroxylation is 1. The van der Waals surface area contributed by atoms with E-state index < -0.39 is 0 Å². The standard InChI is InChI=1S/C16H24N2O.ClH/c1-12-5-2-3-6-13(12)9-10-18-16(19)15-8-4-7-14(15)11-17;/h2-3,5-6,14-15H,4,7-11,17H2,1H3,(H,18,19);1H/t14-,15-;/m1./s1. The Labute approximate surface area is 127 Å². The summed E-state index contributed by atoms with van der Waals surface area (Å²) in [6.07, 6.45) is 4.14. The summed E-state index contributed by atoms with van der Waals surface area (Å²) in [6, 6.07) is 8.33. The van der Waals surface area contributed by atoms with Crippen LogP contribution >= 0.6 is 12.4 Å². The second-order valence-electron chi connectivity index (χ2n) is 5.50. The molecule has 2 atom stereocenters. The maximum atomic E-state index is 12.1. The van der Waals surface area contributed by atoms with E-state index in [1.165, 1.54) is 11.1 Å². The molecular weight excluding hydrogens is 272 g/mol. The maximum Gasteiger partial charge on any atom is 0.223 e. The Hall–Kier alpha value is -1.06. The van der Waals surface area contributed by atoms with Crippen molar-refractivity contribution in [1.29, 1.82) is 0 Å². The molecule has 4 heteroatoms. The van der Waals surface area contributed by atoms with Crippen LogP contribution in [0.25, 0.3) is 0 Å². The van der Waals surface area contributed by atoms with Gasteiger partial charge in [0.25, 0.3) is 0 Å². The minimum absolute atomic E-state index is 0. The van der Waals surface area contributed by atoms with Crippen LogP contribution in [0.3, 0.4) is 0 Å². The number of amides is 1. The Kier molecular flexibility index (Phi) is 7.03. The third kappa shape index (κ3) is 4.22. The SMILES string of the molecule is Cc1ccccc1CCNC(=O)[C@@H]1CCC[C@@H]1CN.Cl. The highest BCUT2D eigenvalue weighted by atomic mass is 35.5. The van der Waals surface area contributed by atoms with Crippen LogP contribution in [0.15, 0.2) is 24.3 Å². The molecule has 3 N–H and O–H groups in total. The van der Waals surface area contributed by atoms with Crippen LogP contribution < -0.4 is 11.1 Å². The van der Waals surface area contributed by atoms with Gasteiger partial charge in [-0.1, -0.05) is 30.7 Å². The first-order valence-electron chi connectivity index (χ1n) is 7.24. The monoisotopic (exact) mass is 296 g/mol. The van der Waals surface area contributed by atoms with Gasteiger partial charge in [-0.25, -0.2) is 0 Å². The molecule has 112 valence electrons. The zero-order valence-electron chi connectivity index (χ0n) is 12.1. The maximum absolute atomic E-state index is 12.1. The molecular formula is C16H25ClN2O. The molecule has 1 saturated carbocycles. The van der Waals surface area contributed by atoms with E-state index in [1.807, 2.05) is 12.1 Å². The largest absolute Gasteiger partial charge is 0.356 e. The second-order valence-corrected chi connectivity index (χ2v) is 5.50. The van der Waals surface area contributed by atoms with Gasteiger partial charge in [0.05, 0.1) is 0 Å². The van der Waals surface area contributed by atoms with E-state index in [1.54, 1.807) is 0 Å². The molecule has 1 fully saturated rings. The predicted molar refractivity (Wildman–Crippen MR) is 85.0 cm³/mol. The minimum atomic E-state index is 0. The molecule has 0 saturated heterocycles. The average molecular weight is 297 g/mol. The van der Waals surface area contributed by atoms with Crippen molar-refractivity contribution < 1.29 is 4.79 Å². The lowest BCUT2D eigenvalue weighted by atomic mass is 9.95. The smallest absolute Gasteiger partial charge is 0.223 e. The van der Waals surface area contributed by atoms with E-state index in [4.69, 9.17) is 5.73 Å². The fraction of sp³-hybridized carbons (Fsp3) is 0.562. The number of halogens is 1. The molecule has 0 unspecified atom stereocenters. The van der Waals surface area contributed by atoms with Crippen LogP contribution in [0.5, 0.6) is 0 Å². The second kappa shape index (κ2) is 8.28. The summed E-state index contributed by atoms with van der Waals surface area (Å²) in [5, 5.41) is 3.07. The van der Waals surface area contributed by atoms with E-state index >= 15 is 0 Å². The van der Waals surface area contributed by atoms with Gasteiger partial charge in [-0.3, -0.25) is 4.79 Å². The lowest BCUT2D eigenvalue weighted by Crippen LogP contribution is -2.36. The number of hydrogen-bond acceptors (Lipinski definition) is 2. The number of carbonyl (C=O) groups excluding carboxylic acids is 1. The van der Waals surface area contributed by atoms with E-state index in [9.17, 15) is 4.79 Å². The molecule has 0 bridgehead atoms. The minimum Gasteiger partial charge on any atom is -0.356 e. The Morgan fingerprint density at radius 1 is 1.35 bits per heavy atom. The molecule has 0 spiro atoms.